The van der Waals surface area contributed by atoms with Gasteiger partial charge in [0.1, 0.15) is 0 Å². The van der Waals surface area contributed by atoms with E-state index in [2.05, 4.69) is 15.9 Å². The summed E-state index contributed by atoms with van der Waals surface area (Å²) in [5, 5.41) is 0. The number of hydrogen-bond acceptors (Lipinski definition) is 2. The quantitative estimate of drug-likeness (QED) is 0.812. The molecule has 0 saturated heterocycles. The van der Waals surface area contributed by atoms with Crippen LogP contribution in [0.2, 0.25) is 0 Å². The van der Waals surface area contributed by atoms with Crippen molar-refractivity contribution in [1.29, 1.82) is 0 Å². The molecule has 1 aromatic carbocycles. The van der Waals surface area contributed by atoms with E-state index in [4.69, 9.17) is 5.73 Å². The summed E-state index contributed by atoms with van der Waals surface area (Å²) in [4.78, 5) is 1.93. The molecule has 110 valence electrons. The van der Waals surface area contributed by atoms with Crippen molar-refractivity contribution in [2.45, 2.75) is 25.6 Å². The number of alkyl halides is 3. The molecule has 20 heavy (non-hydrogen) atoms. The van der Waals surface area contributed by atoms with Gasteiger partial charge in [0.25, 0.3) is 0 Å². The molecule has 0 aromatic heterocycles. The molecule has 2 rings (SSSR count). The molecule has 6 heteroatoms. The second-order valence-corrected chi connectivity index (χ2v) is 5.83. The Morgan fingerprint density at radius 2 is 2.05 bits per heavy atom. The number of halogens is 4. The molecule has 0 amide bonds. The van der Waals surface area contributed by atoms with E-state index in [1.807, 2.05) is 30.0 Å². The van der Waals surface area contributed by atoms with E-state index in [-0.39, 0.29) is 19.0 Å². The standard InChI is InChI=1S/C14H16BrF3N2/c1-9(19)12-3-2-11(15)8-13(12)20-6-4-10(5-7-20)14(16,17)18/h2-4,8-9H,5-7,19H2,1H3. The van der Waals surface area contributed by atoms with Crippen molar-refractivity contribution < 1.29 is 13.2 Å². The lowest BCUT2D eigenvalue weighted by Gasteiger charge is -2.31. The molecule has 1 aliphatic heterocycles. The van der Waals surface area contributed by atoms with Gasteiger partial charge in [-0.2, -0.15) is 13.2 Å². The van der Waals surface area contributed by atoms with Gasteiger partial charge in [0.15, 0.2) is 0 Å². The van der Waals surface area contributed by atoms with Crippen LogP contribution in [0, 0.1) is 0 Å². The lowest BCUT2D eigenvalue weighted by molar-refractivity contribution is -0.0943. The molecule has 0 bridgehead atoms. The van der Waals surface area contributed by atoms with E-state index in [0.717, 1.165) is 15.7 Å². The largest absolute Gasteiger partial charge is 0.412 e. The van der Waals surface area contributed by atoms with Gasteiger partial charge in [-0.1, -0.05) is 28.1 Å². The topological polar surface area (TPSA) is 29.3 Å². The highest BCUT2D eigenvalue weighted by Gasteiger charge is 2.35. The van der Waals surface area contributed by atoms with Crippen LogP contribution < -0.4 is 10.6 Å². The molecule has 0 saturated carbocycles. The average Bonchev–Trinajstić information content (AvgIpc) is 2.37. The van der Waals surface area contributed by atoms with Crippen molar-refractivity contribution >= 4 is 21.6 Å². The van der Waals surface area contributed by atoms with Crippen molar-refractivity contribution in [3.63, 3.8) is 0 Å². The number of anilines is 1. The molecule has 2 nitrogen and oxygen atoms in total. The number of hydrogen-bond donors (Lipinski definition) is 1. The van der Waals surface area contributed by atoms with Crippen LogP contribution in [0.25, 0.3) is 0 Å². The first-order valence-corrected chi connectivity index (χ1v) is 7.14. The molecular weight excluding hydrogens is 333 g/mol. The van der Waals surface area contributed by atoms with Crippen molar-refractivity contribution in [1.82, 2.24) is 0 Å². The third-order valence-electron chi connectivity index (χ3n) is 3.40. The van der Waals surface area contributed by atoms with Gasteiger partial charge >= 0.3 is 6.18 Å². The molecule has 0 fully saturated rings. The molecule has 1 aliphatic rings. The number of nitrogens with zero attached hydrogens (tertiary/aromatic N) is 1. The zero-order chi connectivity index (χ0) is 14.9. The van der Waals surface area contributed by atoms with E-state index in [0.29, 0.717) is 6.54 Å². The highest BCUT2D eigenvalue weighted by atomic mass is 79.9. The second-order valence-electron chi connectivity index (χ2n) is 4.91. The summed E-state index contributed by atoms with van der Waals surface area (Å²) in [5.41, 5.74) is 7.33. The molecule has 1 unspecified atom stereocenters. The van der Waals surface area contributed by atoms with Crippen LogP contribution in [0.15, 0.2) is 34.3 Å². The minimum atomic E-state index is -4.21. The fourth-order valence-electron chi connectivity index (χ4n) is 2.32. The Labute approximate surface area is 124 Å². The molecule has 0 radical (unpaired) electrons. The maximum absolute atomic E-state index is 12.6. The Kier molecular flexibility index (Phi) is 4.44. The normalized spacial score (nSPS) is 17.9. The first kappa shape index (κ1) is 15.4. The SMILES string of the molecule is CC(N)c1ccc(Br)cc1N1CC=C(C(F)(F)F)CC1. The highest BCUT2D eigenvalue weighted by molar-refractivity contribution is 9.10. The second kappa shape index (κ2) is 5.77. The Morgan fingerprint density at radius 3 is 2.55 bits per heavy atom. The van der Waals surface area contributed by atoms with Crippen LogP contribution in [0.4, 0.5) is 18.9 Å². The molecule has 1 atom stereocenters. The zero-order valence-corrected chi connectivity index (χ0v) is 12.6. The molecule has 2 N–H and O–H groups in total. The van der Waals surface area contributed by atoms with E-state index >= 15 is 0 Å². The van der Waals surface area contributed by atoms with Crippen LogP contribution >= 0.6 is 15.9 Å². The number of rotatable bonds is 2. The van der Waals surface area contributed by atoms with Crippen LogP contribution in [0.5, 0.6) is 0 Å². The summed E-state index contributed by atoms with van der Waals surface area (Å²) in [7, 11) is 0. The van der Waals surface area contributed by atoms with Crippen molar-refractivity contribution in [2.75, 3.05) is 18.0 Å². The van der Waals surface area contributed by atoms with Gasteiger partial charge in [-0.15, -0.1) is 0 Å². The minimum absolute atomic E-state index is 0.00834. The van der Waals surface area contributed by atoms with Crippen molar-refractivity contribution in [3.05, 3.63) is 39.9 Å². The Balaban J connectivity index is 2.27. The van der Waals surface area contributed by atoms with Gasteiger partial charge in [0.05, 0.1) is 0 Å². The first-order chi connectivity index (χ1) is 9.29. The maximum atomic E-state index is 12.6. The van der Waals surface area contributed by atoms with E-state index in [1.54, 1.807) is 0 Å². The fraction of sp³-hybridized carbons (Fsp3) is 0.429. The van der Waals surface area contributed by atoms with Gasteiger partial charge in [-0.25, -0.2) is 0 Å². The summed E-state index contributed by atoms with van der Waals surface area (Å²) in [5.74, 6) is 0. The van der Waals surface area contributed by atoms with Crippen LogP contribution in [-0.4, -0.2) is 19.3 Å². The highest BCUT2D eigenvalue weighted by Crippen LogP contribution is 2.34. The van der Waals surface area contributed by atoms with E-state index in [9.17, 15) is 13.2 Å². The summed E-state index contributed by atoms with van der Waals surface area (Å²) < 4.78 is 38.8. The summed E-state index contributed by atoms with van der Waals surface area (Å²) in [6, 6.07) is 5.55. The Bertz CT molecular complexity index is 524. The lowest BCUT2D eigenvalue weighted by atomic mass is 10.0. The fourth-order valence-corrected chi connectivity index (χ4v) is 2.67. The van der Waals surface area contributed by atoms with Crippen LogP contribution in [0.1, 0.15) is 24.9 Å². The predicted molar refractivity (Wildman–Crippen MR) is 77.7 cm³/mol. The minimum Gasteiger partial charge on any atom is -0.367 e. The molecule has 0 spiro atoms. The van der Waals surface area contributed by atoms with Crippen LogP contribution in [-0.2, 0) is 0 Å². The van der Waals surface area contributed by atoms with E-state index in [1.165, 1.54) is 6.08 Å². The van der Waals surface area contributed by atoms with Crippen molar-refractivity contribution in [2.24, 2.45) is 5.73 Å². The molecule has 1 aromatic rings. The monoisotopic (exact) mass is 348 g/mol. The predicted octanol–water partition coefficient (Wildman–Crippen LogP) is 4.17. The summed E-state index contributed by atoms with van der Waals surface area (Å²) in [6.07, 6.45) is -2.95. The molecular formula is C14H16BrF3N2. The Morgan fingerprint density at radius 1 is 1.35 bits per heavy atom. The van der Waals surface area contributed by atoms with Gasteiger partial charge in [-0.3, -0.25) is 0 Å². The number of benzene rings is 1. The maximum Gasteiger partial charge on any atom is 0.412 e. The third kappa shape index (κ3) is 3.35. The summed E-state index contributed by atoms with van der Waals surface area (Å²) in [6.45, 7) is 2.47. The van der Waals surface area contributed by atoms with Crippen molar-refractivity contribution in [3.8, 4) is 0 Å². The lowest BCUT2D eigenvalue weighted by Crippen LogP contribution is -2.33. The summed E-state index contributed by atoms with van der Waals surface area (Å²) >= 11 is 3.39. The first-order valence-electron chi connectivity index (χ1n) is 6.35. The van der Waals surface area contributed by atoms with Crippen LogP contribution in [0.3, 0.4) is 0 Å². The van der Waals surface area contributed by atoms with E-state index < -0.39 is 11.7 Å². The molecule has 1 heterocycles. The average molecular weight is 349 g/mol. The van der Waals surface area contributed by atoms with Gasteiger partial charge in [0, 0.05) is 34.9 Å². The number of nitrogens with two attached hydrogens (primary N) is 1. The molecule has 0 aliphatic carbocycles. The van der Waals surface area contributed by atoms with Gasteiger partial charge in [-0.05, 0) is 31.0 Å². The van der Waals surface area contributed by atoms with Gasteiger partial charge in [0.2, 0.25) is 0 Å². The zero-order valence-electron chi connectivity index (χ0n) is 11.0. The third-order valence-corrected chi connectivity index (χ3v) is 3.89. The Hall–Kier alpha value is -1.01. The van der Waals surface area contributed by atoms with Gasteiger partial charge < -0.3 is 10.6 Å². The smallest absolute Gasteiger partial charge is 0.367 e.